The molecule has 0 unspecified atom stereocenters. The van der Waals surface area contributed by atoms with Crippen LogP contribution >= 0.6 is 0 Å². The summed E-state index contributed by atoms with van der Waals surface area (Å²) >= 11 is 0. The normalized spacial score (nSPS) is 10.5. The second-order valence-electron chi connectivity index (χ2n) is 5.54. The van der Waals surface area contributed by atoms with Crippen LogP contribution in [-0.4, -0.2) is 40.4 Å². The molecule has 26 heavy (non-hydrogen) atoms. The molecule has 134 valence electrons. The van der Waals surface area contributed by atoms with Gasteiger partial charge >= 0.3 is 12.1 Å². The minimum atomic E-state index is -1.04. The van der Waals surface area contributed by atoms with Gasteiger partial charge in [-0.15, -0.1) is 0 Å². The fraction of sp³-hybridized carbons (Fsp3) is 0.167. The number of hydrogen-bond acceptors (Lipinski definition) is 4. The topological polar surface area (TPSA) is 96.7 Å². The lowest BCUT2D eigenvalue weighted by Crippen LogP contribution is -2.37. The van der Waals surface area contributed by atoms with Gasteiger partial charge in [0.15, 0.2) is 0 Å². The van der Waals surface area contributed by atoms with Gasteiger partial charge in [-0.25, -0.2) is 14.6 Å². The molecule has 0 spiro atoms. The van der Waals surface area contributed by atoms with E-state index in [-0.39, 0.29) is 6.03 Å². The Morgan fingerprint density at radius 2 is 2.00 bits per heavy atom. The number of urea groups is 1. The van der Waals surface area contributed by atoms with E-state index in [1.807, 2.05) is 6.92 Å². The molecule has 2 aromatic heterocycles. The van der Waals surface area contributed by atoms with E-state index in [4.69, 9.17) is 9.84 Å². The number of carbonyl (C=O) groups excluding carboxylic acids is 1. The summed E-state index contributed by atoms with van der Waals surface area (Å²) < 4.78 is 6.98. The van der Waals surface area contributed by atoms with Gasteiger partial charge in [0, 0.05) is 37.4 Å². The van der Waals surface area contributed by atoms with Crippen LogP contribution in [-0.2, 0) is 0 Å². The Morgan fingerprint density at radius 3 is 2.73 bits per heavy atom. The van der Waals surface area contributed by atoms with E-state index in [2.05, 4.69) is 10.3 Å². The van der Waals surface area contributed by atoms with Crippen molar-refractivity contribution in [3.8, 4) is 11.5 Å². The van der Waals surface area contributed by atoms with Crippen LogP contribution in [0.1, 0.15) is 6.92 Å². The van der Waals surface area contributed by atoms with Crippen LogP contribution in [0.4, 0.5) is 15.4 Å². The molecule has 0 atom stereocenters. The van der Waals surface area contributed by atoms with Gasteiger partial charge < -0.3 is 15.2 Å². The zero-order valence-corrected chi connectivity index (χ0v) is 14.3. The average molecular weight is 354 g/mol. The molecule has 2 amide bonds. The summed E-state index contributed by atoms with van der Waals surface area (Å²) in [5, 5.41) is 12.6. The first kappa shape index (κ1) is 17.3. The average Bonchev–Trinajstić information content (AvgIpc) is 3.05. The van der Waals surface area contributed by atoms with Crippen LogP contribution in [0.3, 0.4) is 0 Å². The maximum Gasteiger partial charge on any atom is 0.415 e. The van der Waals surface area contributed by atoms with Gasteiger partial charge in [0.05, 0.1) is 5.52 Å². The Hall–Kier alpha value is -3.55. The van der Waals surface area contributed by atoms with Crippen molar-refractivity contribution in [1.82, 2.24) is 14.9 Å². The number of anilines is 1. The van der Waals surface area contributed by atoms with Crippen molar-refractivity contribution >= 4 is 28.8 Å². The number of hydrogen-bond donors (Lipinski definition) is 2. The molecule has 0 aliphatic heterocycles. The van der Waals surface area contributed by atoms with Gasteiger partial charge in [-0.05, 0) is 37.3 Å². The lowest BCUT2D eigenvalue weighted by atomic mass is 10.2. The van der Waals surface area contributed by atoms with Crippen LogP contribution in [0, 0.1) is 0 Å². The largest absolute Gasteiger partial charge is 0.464 e. The van der Waals surface area contributed by atoms with Gasteiger partial charge in [0.2, 0.25) is 0 Å². The second-order valence-corrected chi connectivity index (χ2v) is 5.54. The zero-order chi connectivity index (χ0) is 18.7. The molecular formula is C18H18N4O4. The number of fused-ring (bicyclic) bond motifs is 1. The quantitative estimate of drug-likeness (QED) is 0.747. The molecule has 0 radical (unpaired) electrons. The van der Waals surface area contributed by atoms with Crippen molar-refractivity contribution in [2.75, 3.05) is 18.5 Å². The Balaban J connectivity index is 1.83. The maximum absolute atomic E-state index is 11.9. The summed E-state index contributed by atoms with van der Waals surface area (Å²) in [6.07, 6.45) is 2.00. The first-order chi connectivity index (χ1) is 12.5. The molecule has 3 aromatic rings. The molecule has 8 heteroatoms. The summed E-state index contributed by atoms with van der Waals surface area (Å²) in [4.78, 5) is 28.6. The third-order valence-corrected chi connectivity index (χ3v) is 3.80. The van der Waals surface area contributed by atoms with E-state index >= 15 is 0 Å². The summed E-state index contributed by atoms with van der Waals surface area (Å²) in [6, 6.07) is 9.91. The van der Waals surface area contributed by atoms with Gasteiger partial charge in [-0.1, -0.05) is 0 Å². The van der Waals surface area contributed by atoms with Crippen molar-refractivity contribution in [3.05, 3.63) is 48.8 Å². The smallest absolute Gasteiger partial charge is 0.415 e. The first-order valence-corrected chi connectivity index (χ1v) is 7.99. The third kappa shape index (κ3) is 3.44. The Kier molecular flexibility index (Phi) is 4.74. The van der Waals surface area contributed by atoms with Crippen LogP contribution in [0.2, 0.25) is 0 Å². The number of pyridine rings is 1. The van der Waals surface area contributed by atoms with Crippen molar-refractivity contribution in [1.29, 1.82) is 0 Å². The predicted molar refractivity (Wildman–Crippen MR) is 97.1 cm³/mol. The number of nitrogens with zero attached hydrogens (tertiary/aromatic N) is 3. The van der Waals surface area contributed by atoms with E-state index in [1.165, 1.54) is 11.1 Å². The molecule has 0 bridgehead atoms. The highest BCUT2D eigenvalue weighted by Crippen LogP contribution is 2.27. The van der Waals surface area contributed by atoms with Crippen molar-refractivity contribution < 1.29 is 19.4 Å². The maximum atomic E-state index is 11.9. The molecule has 0 saturated carbocycles. The molecule has 0 fully saturated rings. The summed E-state index contributed by atoms with van der Waals surface area (Å²) in [5.41, 5.74) is 0.580. The standard InChI is InChI=1S/C18H18N4O4/c1-3-19-17(23)21(2)16-11-14(6-8-20-16)26-13-4-5-15-12(10-13)7-9-22(15)18(24)25/h4-11H,3H2,1-2H3,(H,19,23)(H,24,25). The zero-order valence-electron chi connectivity index (χ0n) is 14.3. The predicted octanol–water partition coefficient (Wildman–Crippen LogP) is 3.52. The molecule has 8 nitrogen and oxygen atoms in total. The number of benzene rings is 1. The SMILES string of the molecule is CCNC(=O)N(C)c1cc(Oc2ccc3c(ccn3C(=O)O)c2)ccn1. The molecule has 2 N–H and O–H groups in total. The van der Waals surface area contributed by atoms with Crippen LogP contribution in [0.25, 0.3) is 10.9 Å². The first-order valence-electron chi connectivity index (χ1n) is 7.99. The van der Waals surface area contributed by atoms with E-state index in [0.717, 1.165) is 9.95 Å². The number of carboxylic acid groups (broad SMARTS) is 1. The van der Waals surface area contributed by atoms with Crippen LogP contribution < -0.4 is 15.0 Å². The number of aromatic nitrogens is 2. The van der Waals surface area contributed by atoms with Crippen molar-refractivity contribution in [2.45, 2.75) is 6.92 Å². The highest BCUT2D eigenvalue weighted by Gasteiger charge is 2.12. The monoisotopic (exact) mass is 354 g/mol. The summed E-state index contributed by atoms with van der Waals surface area (Å²) in [6.45, 7) is 2.36. The van der Waals surface area contributed by atoms with Gasteiger partial charge in [-0.3, -0.25) is 9.47 Å². The molecule has 0 aliphatic rings. The van der Waals surface area contributed by atoms with E-state index in [1.54, 1.807) is 49.6 Å². The Bertz CT molecular complexity index is 967. The van der Waals surface area contributed by atoms with E-state index < -0.39 is 6.09 Å². The number of nitrogens with one attached hydrogen (secondary N) is 1. The highest BCUT2D eigenvalue weighted by atomic mass is 16.5. The number of rotatable bonds is 4. The minimum Gasteiger partial charge on any atom is -0.464 e. The Labute approximate surface area is 149 Å². The molecule has 3 rings (SSSR count). The molecule has 0 aliphatic carbocycles. The van der Waals surface area contributed by atoms with E-state index in [9.17, 15) is 9.59 Å². The van der Waals surface area contributed by atoms with Crippen molar-refractivity contribution in [2.24, 2.45) is 0 Å². The van der Waals surface area contributed by atoms with E-state index in [0.29, 0.717) is 29.4 Å². The Morgan fingerprint density at radius 1 is 1.23 bits per heavy atom. The van der Waals surface area contributed by atoms with Gasteiger partial charge in [0.25, 0.3) is 0 Å². The lowest BCUT2D eigenvalue weighted by Gasteiger charge is -2.17. The second kappa shape index (κ2) is 7.14. The van der Waals surface area contributed by atoms with Gasteiger partial charge in [0.1, 0.15) is 17.3 Å². The fourth-order valence-electron chi connectivity index (χ4n) is 2.51. The molecule has 0 saturated heterocycles. The summed E-state index contributed by atoms with van der Waals surface area (Å²) in [5.74, 6) is 1.52. The molecular weight excluding hydrogens is 336 g/mol. The van der Waals surface area contributed by atoms with Gasteiger partial charge in [-0.2, -0.15) is 0 Å². The lowest BCUT2D eigenvalue weighted by molar-refractivity contribution is 0.197. The number of amides is 2. The fourth-order valence-corrected chi connectivity index (χ4v) is 2.51. The number of ether oxygens (including phenoxy) is 1. The summed E-state index contributed by atoms with van der Waals surface area (Å²) in [7, 11) is 1.62. The minimum absolute atomic E-state index is 0.256. The number of carbonyl (C=O) groups is 2. The highest BCUT2D eigenvalue weighted by molar-refractivity contribution is 5.91. The van der Waals surface area contributed by atoms with Crippen molar-refractivity contribution in [3.63, 3.8) is 0 Å². The third-order valence-electron chi connectivity index (χ3n) is 3.80. The van der Waals surface area contributed by atoms with Crippen LogP contribution in [0.5, 0.6) is 11.5 Å². The molecule has 2 heterocycles. The van der Waals surface area contributed by atoms with Crippen LogP contribution in [0.15, 0.2) is 48.8 Å². The molecule has 1 aromatic carbocycles.